The third-order valence-corrected chi connectivity index (χ3v) is 6.61. The Labute approximate surface area is 206 Å². The summed E-state index contributed by atoms with van der Waals surface area (Å²) in [5.74, 6) is 2.38. The molecule has 4 rings (SSSR count). The van der Waals surface area contributed by atoms with Gasteiger partial charge in [0.1, 0.15) is 0 Å². The molecule has 7 nitrogen and oxygen atoms in total. The van der Waals surface area contributed by atoms with Crippen LogP contribution < -0.4 is 19.5 Å². The molecular formula is C21H18BrIN4O3S. The molecular weight excluding hydrogens is 595 g/mol. The summed E-state index contributed by atoms with van der Waals surface area (Å²) in [5.41, 5.74) is 3.15. The van der Waals surface area contributed by atoms with Crippen LogP contribution in [0.5, 0.6) is 17.4 Å². The van der Waals surface area contributed by atoms with E-state index in [0.29, 0.717) is 34.0 Å². The van der Waals surface area contributed by atoms with E-state index >= 15 is 0 Å². The van der Waals surface area contributed by atoms with E-state index in [0.717, 1.165) is 24.9 Å². The minimum atomic E-state index is -0.525. The Kier molecular flexibility index (Phi) is 6.87. The van der Waals surface area contributed by atoms with Crippen molar-refractivity contribution in [1.82, 2.24) is 15.2 Å². The normalized spacial score (nSPS) is 14.4. The maximum atomic E-state index is 6.34. The second kappa shape index (κ2) is 9.61. The zero-order valence-corrected chi connectivity index (χ0v) is 21.2. The molecule has 0 amide bonds. The fourth-order valence-corrected chi connectivity index (χ4v) is 4.82. The van der Waals surface area contributed by atoms with Crippen molar-refractivity contribution in [2.45, 2.75) is 11.4 Å². The smallest absolute Gasteiger partial charge is 0.247 e. The minimum absolute atomic E-state index is 0.403. The maximum absolute atomic E-state index is 6.34. The van der Waals surface area contributed by atoms with Gasteiger partial charge in [0.2, 0.25) is 11.0 Å². The summed E-state index contributed by atoms with van der Waals surface area (Å²) in [5, 5.41) is 12.7. The Hall–Kier alpha value is -2.05. The highest BCUT2D eigenvalue weighted by atomic mass is 127. The first-order chi connectivity index (χ1) is 15.0. The largest absolute Gasteiger partial charge is 0.493 e. The molecule has 1 aliphatic rings. The lowest BCUT2D eigenvalue weighted by molar-refractivity contribution is 0.224. The van der Waals surface area contributed by atoms with Gasteiger partial charge in [0.05, 0.1) is 17.8 Å². The number of halogens is 2. The zero-order valence-electron chi connectivity index (χ0n) is 16.7. The van der Waals surface area contributed by atoms with Crippen molar-refractivity contribution in [2.75, 3.05) is 25.3 Å². The summed E-state index contributed by atoms with van der Waals surface area (Å²) in [7, 11) is 3.23. The van der Waals surface area contributed by atoms with Gasteiger partial charge in [-0.1, -0.05) is 33.8 Å². The number of thioether (sulfide) groups is 1. The second-order valence-corrected chi connectivity index (χ2v) is 9.48. The maximum Gasteiger partial charge on any atom is 0.247 e. The number of ether oxygens (including phenoxy) is 3. The lowest BCUT2D eigenvalue weighted by Gasteiger charge is -2.21. The highest BCUT2D eigenvalue weighted by Gasteiger charge is 2.27. The number of anilines is 1. The Balaban J connectivity index is 1.83. The van der Waals surface area contributed by atoms with Crippen LogP contribution in [0.2, 0.25) is 0 Å². The average molecular weight is 613 g/mol. The van der Waals surface area contributed by atoms with Crippen molar-refractivity contribution in [2.24, 2.45) is 0 Å². The molecule has 0 bridgehead atoms. The lowest BCUT2D eigenvalue weighted by atomic mass is 10.1. The molecule has 1 N–H and O–H groups in total. The Morgan fingerprint density at radius 3 is 2.84 bits per heavy atom. The summed E-state index contributed by atoms with van der Waals surface area (Å²) in [6, 6.07) is 9.79. The van der Waals surface area contributed by atoms with E-state index < -0.39 is 6.23 Å². The standard InChI is InChI=1S/C21H18BrIN4O3S/c1-4-7-31-21-25-20-17(26-27-21)13-10-12(22)5-6-15(13)24-19(30-20)11-8-14(23)18(29-3)16(9-11)28-2/h4-6,8-10,19,24H,1,7H2,2-3H3/t19-/m1/s1. The van der Waals surface area contributed by atoms with Crippen LogP contribution in [0.15, 0.2) is 52.6 Å². The topological polar surface area (TPSA) is 78.4 Å². The second-order valence-electron chi connectivity index (χ2n) is 6.42. The molecule has 1 aliphatic heterocycles. The van der Waals surface area contributed by atoms with E-state index in [1.165, 1.54) is 11.8 Å². The van der Waals surface area contributed by atoms with Crippen molar-refractivity contribution in [3.63, 3.8) is 0 Å². The van der Waals surface area contributed by atoms with Crippen LogP contribution in [0.3, 0.4) is 0 Å². The van der Waals surface area contributed by atoms with E-state index in [-0.39, 0.29) is 0 Å². The van der Waals surface area contributed by atoms with E-state index in [1.54, 1.807) is 20.3 Å². The van der Waals surface area contributed by atoms with Crippen LogP contribution in [0.1, 0.15) is 11.8 Å². The van der Waals surface area contributed by atoms with Gasteiger partial charge in [-0.3, -0.25) is 0 Å². The molecule has 0 saturated heterocycles. The van der Waals surface area contributed by atoms with Crippen LogP contribution in [0, 0.1) is 3.57 Å². The fraction of sp³-hybridized carbons (Fsp3) is 0.190. The van der Waals surface area contributed by atoms with E-state index in [9.17, 15) is 0 Å². The van der Waals surface area contributed by atoms with Gasteiger partial charge in [-0.15, -0.1) is 16.8 Å². The molecule has 0 fully saturated rings. The number of nitrogens with zero attached hydrogens (tertiary/aromatic N) is 3. The number of nitrogens with one attached hydrogen (secondary N) is 1. The van der Waals surface area contributed by atoms with Crippen molar-refractivity contribution >= 4 is 56.0 Å². The van der Waals surface area contributed by atoms with E-state index in [2.05, 4.69) is 65.6 Å². The SMILES string of the molecule is C=CCSc1nnc2c(n1)O[C@H](c1cc(I)c(OC)c(OC)c1)Nc1ccc(Br)cc1-2. The predicted molar refractivity (Wildman–Crippen MR) is 133 cm³/mol. The highest BCUT2D eigenvalue weighted by molar-refractivity contribution is 14.1. The average Bonchev–Trinajstić information content (AvgIpc) is 2.93. The summed E-state index contributed by atoms with van der Waals surface area (Å²) >= 11 is 7.20. The van der Waals surface area contributed by atoms with Crippen molar-refractivity contribution in [3.8, 4) is 28.6 Å². The van der Waals surface area contributed by atoms with Gasteiger partial charge in [-0.25, -0.2) is 0 Å². The van der Waals surface area contributed by atoms with Crippen molar-refractivity contribution in [3.05, 3.63) is 56.6 Å². The summed E-state index contributed by atoms with van der Waals surface area (Å²) < 4.78 is 19.2. The van der Waals surface area contributed by atoms with Crippen LogP contribution in [0.4, 0.5) is 5.69 Å². The number of rotatable bonds is 6. The monoisotopic (exact) mass is 612 g/mol. The molecule has 2 heterocycles. The Bertz CT molecular complexity index is 1150. The number of methoxy groups -OCH3 is 2. The summed E-state index contributed by atoms with van der Waals surface area (Å²) in [6.45, 7) is 3.74. The number of aromatic nitrogens is 3. The highest BCUT2D eigenvalue weighted by Crippen LogP contribution is 2.42. The number of benzene rings is 2. The molecule has 160 valence electrons. The lowest BCUT2D eigenvalue weighted by Crippen LogP contribution is -2.17. The minimum Gasteiger partial charge on any atom is -0.493 e. The van der Waals surface area contributed by atoms with Gasteiger partial charge in [0.15, 0.2) is 23.4 Å². The van der Waals surface area contributed by atoms with Gasteiger partial charge < -0.3 is 19.5 Å². The molecule has 1 atom stereocenters. The first-order valence-corrected chi connectivity index (χ1v) is 12.0. The van der Waals surface area contributed by atoms with Crippen LogP contribution in [0.25, 0.3) is 11.3 Å². The third kappa shape index (κ3) is 4.60. The number of hydrogen-bond acceptors (Lipinski definition) is 8. The van der Waals surface area contributed by atoms with Crippen LogP contribution in [-0.2, 0) is 0 Å². The number of fused-ring (bicyclic) bond motifs is 3. The molecule has 31 heavy (non-hydrogen) atoms. The molecule has 0 spiro atoms. The van der Waals surface area contributed by atoms with Crippen molar-refractivity contribution in [1.29, 1.82) is 0 Å². The molecule has 0 radical (unpaired) electrons. The Morgan fingerprint density at radius 2 is 2.10 bits per heavy atom. The summed E-state index contributed by atoms with van der Waals surface area (Å²) in [4.78, 5) is 4.62. The van der Waals surface area contributed by atoms with E-state index in [4.69, 9.17) is 14.2 Å². The molecule has 10 heteroatoms. The quantitative estimate of drug-likeness (QED) is 0.216. The third-order valence-electron chi connectivity index (χ3n) is 4.48. The first-order valence-electron chi connectivity index (χ1n) is 9.17. The van der Waals surface area contributed by atoms with Gasteiger partial charge in [0.25, 0.3) is 0 Å². The predicted octanol–water partition coefficient (Wildman–Crippen LogP) is 5.70. The Morgan fingerprint density at radius 1 is 1.26 bits per heavy atom. The first kappa shape index (κ1) is 22.2. The van der Waals surface area contributed by atoms with Gasteiger partial charge in [-0.2, -0.15) is 4.98 Å². The molecule has 0 saturated carbocycles. The molecule has 0 unspecified atom stereocenters. The van der Waals surface area contributed by atoms with Crippen LogP contribution >= 0.6 is 50.3 Å². The molecule has 1 aromatic heterocycles. The molecule has 2 aromatic carbocycles. The van der Waals surface area contributed by atoms with Gasteiger partial charge >= 0.3 is 0 Å². The van der Waals surface area contributed by atoms with Gasteiger partial charge in [0, 0.05) is 27.0 Å². The summed E-state index contributed by atoms with van der Waals surface area (Å²) in [6.07, 6.45) is 1.27. The fourth-order valence-electron chi connectivity index (χ4n) is 3.10. The zero-order chi connectivity index (χ0) is 22.0. The van der Waals surface area contributed by atoms with Crippen LogP contribution in [-0.4, -0.2) is 35.2 Å². The number of hydrogen-bond donors (Lipinski definition) is 1. The van der Waals surface area contributed by atoms with E-state index in [1.807, 2.05) is 30.3 Å². The molecule has 3 aromatic rings. The van der Waals surface area contributed by atoms with Crippen molar-refractivity contribution < 1.29 is 14.2 Å². The van der Waals surface area contributed by atoms with Gasteiger partial charge in [-0.05, 0) is 52.9 Å². The molecule has 0 aliphatic carbocycles.